The van der Waals surface area contributed by atoms with Gasteiger partial charge in [-0.3, -0.25) is 4.79 Å². The predicted molar refractivity (Wildman–Crippen MR) is 126 cm³/mol. The van der Waals surface area contributed by atoms with Crippen LogP contribution in [0.3, 0.4) is 0 Å². The quantitative estimate of drug-likeness (QED) is 0.552. The highest BCUT2D eigenvalue weighted by Gasteiger charge is 2.18. The Labute approximate surface area is 187 Å². The van der Waals surface area contributed by atoms with Gasteiger partial charge < -0.3 is 16.8 Å². The molecule has 0 spiro atoms. The smallest absolute Gasteiger partial charge is 0.251 e. The Morgan fingerprint density at radius 3 is 2.62 bits per heavy atom. The molecule has 1 fully saturated rings. The molecule has 7 heteroatoms. The standard InChI is InChI=1S/C25H26N6O/c1-16-21(12-10-17-11-13-22(26)28-15-17)23(31-25(27)29-16)18-6-5-7-19(14-18)24(32)30-20-8-3-2-4-9-20/h5-7,11,13-15,20H,2-4,8-9H2,1H3,(H2,26,28)(H,30,32)(H2,27,29,31). The molecule has 2 heterocycles. The number of amides is 1. The second-order valence-corrected chi connectivity index (χ2v) is 8.00. The second kappa shape index (κ2) is 9.48. The lowest BCUT2D eigenvalue weighted by atomic mass is 9.95. The maximum Gasteiger partial charge on any atom is 0.251 e. The van der Waals surface area contributed by atoms with Gasteiger partial charge in [-0.15, -0.1) is 0 Å². The van der Waals surface area contributed by atoms with Crippen LogP contribution in [0, 0.1) is 18.8 Å². The fraction of sp³-hybridized carbons (Fsp3) is 0.280. The molecule has 0 radical (unpaired) electrons. The summed E-state index contributed by atoms with van der Waals surface area (Å²) < 4.78 is 0. The largest absolute Gasteiger partial charge is 0.384 e. The van der Waals surface area contributed by atoms with Crippen molar-refractivity contribution in [2.24, 2.45) is 0 Å². The summed E-state index contributed by atoms with van der Waals surface area (Å²) in [4.78, 5) is 25.6. The molecule has 1 aromatic carbocycles. The average molecular weight is 427 g/mol. The third-order valence-electron chi connectivity index (χ3n) is 5.56. The van der Waals surface area contributed by atoms with Crippen LogP contribution in [0.5, 0.6) is 0 Å². The maximum absolute atomic E-state index is 12.8. The highest BCUT2D eigenvalue weighted by Crippen LogP contribution is 2.25. The van der Waals surface area contributed by atoms with Crippen molar-refractivity contribution in [2.75, 3.05) is 11.5 Å². The summed E-state index contributed by atoms with van der Waals surface area (Å²) >= 11 is 0. The van der Waals surface area contributed by atoms with Crippen molar-refractivity contribution in [2.45, 2.75) is 45.1 Å². The fourth-order valence-electron chi connectivity index (χ4n) is 3.89. The lowest BCUT2D eigenvalue weighted by Crippen LogP contribution is -2.36. The Morgan fingerprint density at radius 1 is 1.06 bits per heavy atom. The van der Waals surface area contributed by atoms with Crippen LogP contribution in [-0.2, 0) is 0 Å². The first-order valence-corrected chi connectivity index (χ1v) is 10.8. The first-order valence-electron chi connectivity index (χ1n) is 10.8. The molecule has 4 rings (SSSR count). The molecule has 0 atom stereocenters. The minimum atomic E-state index is -0.0712. The number of pyridine rings is 1. The monoisotopic (exact) mass is 426 g/mol. The van der Waals surface area contributed by atoms with Crippen molar-refractivity contribution in [3.05, 3.63) is 65.0 Å². The van der Waals surface area contributed by atoms with Crippen molar-refractivity contribution in [1.29, 1.82) is 0 Å². The number of benzene rings is 1. The van der Waals surface area contributed by atoms with Crippen LogP contribution in [0.4, 0.5) is 11.8 Å². The Hall–Kier alpha value is -3.92. The number of rotatable bonds is 3. The van der Waals surface area contributed by atoms with Gasteiger partial charge in [0.05, 0.1) is 17.0 Å². The number of aromatic nitrogens is 3. The number of carbonyl (C=O) groups is 1. The van der Waals surface area contributed by atoms with Crippen LogP contribution >= 0.6 is 0 Å². The molecule has 162 valence electrons. The lowest BCUT2D eigenvalue weighted by molar-refractivity contribution is 0.0927. The van der Waals surface area contributed by atoms with Crippen molar-refractivity contribution in [1.82, 2.24) is 20.3 Å². The summed E-state index contributed by atoms with van der Waals surface area (Å²) in [6.07, 6.45) is 7.25. The molecule has 0 bridgehead atoms. The Bertz CT molecular complexity index is 1190. The number of carbonyl (C=O) groups excluding carboxylic acids is 1. The van der Waals surface area contributed by atoms with Gasteiger partial charge in [-0.1, -0.05) is 43.2 Å². The molecule has 1 aliphatic rings. The van der Waals surface area contributed by atoms with Crippen LogP contribution in [0.1, 0.15) is 59.3 Å². The van der Waals surface area contributed by atoms with Gasteiger partial charge >= 0.3 is 0 Å². The molecular formula is C25H26N6O. The normalized spacial score (nSPS) is 13.8. The number of nitrogen functional groups attached to an aromatic ring is 2. The highest BCUT2D eigenvalue weighted by molar-refractivity contribution is 5.95. The van der Waals surface area contributed by atoms with E-state index in [1.165, 1.54) is 6.42 Å². The van der Waals surface area contributed by atoms with Crippen LogP contribution in [0.15, 0.2) is 42.6 Å². The number of nitrogens with two attached hydrogens (primary N) is 2. The van der Waals surface area contributed by atoms with Gasteiger partial charge in [0, 0.05) is 28.9 Å². The van der Waals surface area contributed by atoms with E-state index in [1.54, 1.807) is 18.3 Å². The SMILES string of the molecule is Cc1nc(N)nc(-c2cccc(C(=O)NC3CCCCC3)c2)c1C#Cc1ccc(N)nc1. The molecule has 0 saturated heterocycles. The number of nitrogens with zero attached hydrogens (tertiary/aromatic N) is 3. The van der Waals surface area contributed by atoms with Crippen molar-refractivity contribution >= 4 is 17.7 Å². The average Bonchev–Trinajstić information content (AvgIpc) is 2.80. The van der Waals surface area contributed by atoms with Crippen LogP contribution < -0.4 is 16.8 Å². The number of hydrogen-bond acceptors (Lipinski definition) is 6. The Kier molecular flexibility index (Phi) is 6.31. The third kappa shape index (κ3) is 5.03. The van der Waals surface area contributed by atoms with E-state index in [2.05, 4.69) is 32.1 Å². The number of nitrogens with one attached hydrogen (secondary N) is 1. The molecule has 1 amide bonds. The minimum absolute atomic E-state index is 0.0712. The topological polar surface area (TPSA) is 120 Å². The molecule has 5 N–H and O–H groups in total. The minimum Gasteiger partial charge on any atom is -0.384 e. The summed E-state index contributed by atoms with van der Waals surface area (Å²) in [5, 5.41) is 3.16. The number of aryl methyl sites for hydroxylation is 1. The van der Waals surface area contributed by atoms with Gasteiger partial charge in [-0.2, -0.15) is 0 Å². The molecule has 32 heavy (non-hydrogen) atoms. The first-order chi connectivity index (χ1) is 15.5. The molecule has 1 saturated carbocycles. The lowest BCUT2D eigenvalue weighted by Gasteiger charge is -2.22. The zero-order chi connectivity index (χ0) is 22.5. The van der Waals surface area contributed by atoms with Crippen LogP contribution in [0.25, 0.3) is 11.3 Å². The Balaban J connectivity index is 1.67. The maximum atomic E-state index is 12.8. The summed E-state index contributed by atoms with van der Waals surface area (Å²) in [5.74, 6) is 6.75. The van der Waals surface area contributed by atoms with Crippen LogP contribution in [-0.4, -0.2) is 26.9 Å². The third-order valence-corrected chi connectivity index (χ3v) is 5.56. The summed E-state index contributed by atoms with van der Waals surface area (Å²) in [6, 6.07) is 11.1. The van der Waals surface area contributed by atoms with E-state index in [0.717, 1.165) is 36.8 Å². The van der Waals surface area contributed by atoms with Gasteiger partial charge in [-0.25, -0.2) is 15.0 Å². The molecule has 0 unspecified atom stereocenters. The van der Waals surface area contributed by atoms with E-state index < -0.39 is 0 Å². The predicted octanol–water partition coefficient (Wildman–Crippen LogP) is 3.47. The van der Waals surface area contributed by atoms with Gasteiger partial charge in [0.15, 0.2) is 0 Å². The van der Waals surface area contributed by atoms with E-state index in [0.29, 0.717) is 28.3 Å². The summed E-state index contributed by atoms with van der Waals surface area (Å²) in [7, 11) is 0. The fourth-order valence-corrected chi connectivity index (χ4v) is 3.89. The molecular weight excluding hydrogens is 400 g/mol. The molecule has 3 aromatic rings. The van der Waals surface area contributed by atoms with Gasteiger partial charge in [0.25, 0.3) is 5.91 Å². The van der Waals surface area contributed by atoms with E-state index >= 15 is 0 Å². The molecule has 1 aliphatic carbocycles. The van der Waals surface area contributed by atoms with Crippen molar-refractivity contribution in [3.8, 4) is 23.1 Å². The van der Waals surface area contributed by atoms with Crippen LogP contribution in [0.2, 0.25) is 0 Å². The highest BCUT2D eigenvalue weighted by atomic mass is 16.1. The number of hydrogen-bond donors (Lipinski definition) is 3. The summed E-state index contributed by atoms with van der Waals surface area (Å²) in [6.45, 7) is 1.84. The van der Waals surface area contributed by atoms with E-state index in [4.69, 9.17) is 11.5 Å². The molecule has 0 aliphatic heterocycles. The van der Waals surface area contributed by atoms with E-state index in [9.17, 15) is 4.79 Å². The first kappa shape index (κ1) is 21.3. The van der Waals surface area contributed by atoms with Gasteiger partial charge in [0.1, 0.15) is 5.82 Å². The number of anilines is 2. The molecule has 2 aromatic heterocycles. The summed E-state index contributed by atoms with van der Waals surface area (Å²) in [5.41, 5.74) is 15.6. The van der Waals surface area contributed by atoms with Gasteiger partial charge in [0.2, 0.25) is 5.95 Å². The van der Waals surface area contributed by atoms with E-state index in [1.807, 2.05) is 31.2 Å². The molecule has 7 nitrogen and oxygen atoms in total. The second-order valence-electron chi connectivity index (χ2n) is 8.00. The van der Waals surface area contributed by atoms with Gasteiger partial charge in [-0.05, 0) is 44.0 Å². The Morgan fingerprint density at radius 2 is 1.88 bits per heavy atom. The van der Waals surface area contributed by atoms with E-state index in [-0.39, 0.29) is 17.9 Å². The zero-order valence-corrected chi connectivity index (χ0v) is 18.1. The van der Waals surface area contributed by atoms with Crippen molar-refractivity contribution in [3.63, 3.8) is 0 Å². The zero-order valence-electron chi connectivity index (χ0n) is 18.1. The van der Waals surface area contributed by atoms with Crippen molar-refractivity contribution < 1.29 is 4.79 Å².